The summed E-state index contributed by atoms with van der Waals surface area (Å²) < 4.78 is 29.3. The summed E-state index contributed by atoms with van der Waals surface area (Å²) in [6, 6.07) is 8.87. The van der Waals surface area contributed by atoms with Crippen molar-refractivity contribution >= 4 is 24.9 Å². The van der Waals surface area contributed by atoms with Gasteiger partial charge in [-0.3, -0.25) is 23.4 Å². The fraction of sp³-hybridized carbons (Fsp3) is 0.353. The molecular weight excluding hydrogens is 417 g/mol. The van der Waals surface area contributed by atoms with Gasteiger partial charge in [0.05, 0.1) is 25.6 Å². The van der Waals surface area contributed by atoms with Crippen LogP contribution in [-0.2, 0) is 25.0 Å². The number of ether oxygens (including phenoxy) is 1. The molecule has 0 radical (unpaired) electrons. The SMILES string of the molecule is Nc1nc2c(ncn2[C@H]2C[C@H](O)[C@@H](COP(=O)(O)OCc3ccccc3)O2)c(=O)[nH]1. The Kier molecular flexibility index (Phi) is 5.69. The summed E-state index contributed by atoms with van der Waals surface area (Å²) >= 11 is 0. The number of hydrogen-bond acceptors (Lipinski definition) is 9. The number of nitrogen functional groups attached to an aromatic ring is 1. The molecule has 4 rings (SSSR count). The van der Waals surface area contributed by atoms with Crippen molar-refractivity contribution in [1.29, 1.82) is 0 Å². The first-order valence-electron chi connectivity index (χ1n) is 9.04. The second-order valence-electron chi connectivity index (χ2n) is 6.73. The standard InChI is InChI=1S/C17H20N5O7P/c18-17-20-15-14(16(24)21-17)19-9-22(15)13-6-11(23)12(29-13)8-28-30(25,26)27-7-10-4-2-1-3-5-10/h1-5,9,11-13,23H,6-8H2,(H,25,26)(H3,18,20,21,24)/t11-,12+,13+/m0/s1. The van der Waals surface area contributed by atoms with Gasteiger partial charge in [-0.1, -0.05) is 30.3 Å². The van der Waals surface area contributed by atoms with Gasteiger partial charge in [-0.2, -0.15) is 4.98 Å². The number of aromatic amines is 1. The van der Waals surface area contributed by atoms with Gasteiger partial charge >= 0.3 is 7.82 Å². The molecule has 1 aromatic carbocycles. The molecule has 13 heteroatoms. The minimum absolute atomic E-state index is 0.0792. The van der Waals surface area contributed by atoms with Crippen molar-refractivity contribution in [3.8, 4) is 0 Å². The molecule has 1 unspecified atom stereocenters. The van der Waals surface area contributed by atoms with Crippen LogP contribution in [0.5, 0.6) is 0 Å². The molecule has 1 aliphatic heterocycles. The maximum Gasteiger partial charge on any atom is 0.472 e. The van der Waals surface area contributed by atoms with Crippen molar-refractivity contribution in [2.24, 2.45) is 0 Å². The molecule has 3 aromatic rings. The molecular formula is C17H20N5O7P. The fourth-order valence-electron chi connectivity index (χ4n) is 3.12. The van der Waals surface area contributed by atoms with Crippen LogP contribution in [0.25, 0.3) is 11.2 Å². The van der Waals surface area contributed by atoms with E-state index in [-0.39, 0.29) is 36.7 Å². The van der Waals surface area contributed by atoms with Gasteiger partial charge in [-0.15, -0.1) is 0 Å². The molecule has 0 bridgehead atoms. The Morgan fingerprint density at radius 1 is 1.33 bits per heavy atom. The number of phosphoric ester groups is 1. The molecule has 3 heterocycles. The normalized spacial score (nSPS) is 23.6. The number of rotatable bonds is 7. The van der Waals surface area contributed by atoms with E-state index in [1.54, 1.807) is 24.3 Å². The van der Waals surface area contributed by atoms with Crippen LogP contribution in [0, 0.1) is 0 Å². The van der Waals surface area contributed by atoms with E-state index in [1.165, 1.54) is 10.9 Å². The summed E-state index contributed by atoms with van der Waals surface area (Å²) in [5.74, 6) is -0.0792. The van der Waals surface area contributed by atoms with Crippen molar-refractivity contribution in [3.05, 3.63) is 52.6 Å². The van der Waals surface area contributed by atoms with Crippen LogP contribution in [-0.4, -0.2) is 48.3 Å². The van der Waals surface area contributed by atoms with E-state index in [0.29, 0.717) is 5.56 Å². The average molecular weight is 437 g/mol. The molecule has 1 fully saturated rings. The van der Waals surface area contributed by atoms with Crippen LogP contribution in [0.4, 0.5) is 5.95 Å². The smallest absolute Gasteiger partial charge is 0.390 e. The number of phosphoric acid groups is 1. The topological polar surface area (TPSA) is 175 Å². The molecule has 2 aromatic heterocycles. The quantitative estimate of drug-likeness (QED) is 0.385. The molecule has 30 heavy (non-hydrogen) atoms. The first kappa shape index (κ1) is 20.7. The maximum atomic E-state index is 12.1. The van der Waals surface area contributed by atoms with Crippen molar-refractivity contribution in [3.63, 3.8) is 0 Å². The van der Waals surface area contributed by atoms with Gasteiger partial charge < -0.3 is 20.5 Å². The second kappa shape index (κ2) is 8.26. The molecule has 0 saturated carbocycles. The number of aromatic nitrogens is 4. The zero-order valence-corrected chi connectivity index (χ0v) is 16.5. The second-order valence-corrected chi connectivity index (χ2v) is 8.18. The third kappa shape index (κ3) is 4.43. The highest BCUT2D eigenvalue weighted by atomic mass is 31.2. The minimum Gasteiger partial charge on any atom is -0.390 e. The van der Waals surface area contributed by atoms with Gasteiger partial charge in [-0.05, 0) is 5.56 Å². The van der Waals surface area contributed by atoms with E-state index in [9.17, 15) is 19.4 Å². The molecule has 1 aliphatic rings. The summed E-state index contributed by atoms with van der Waals surface area (Å²) in [5, 5.41) is 10.3. The number of H-pyrrole nitrogens is 1. The lowest BCUT2D eigenvalue weighted by molar-refractivity contribution is -0.0441. The number of hydrogen-bond donors (Lipinski definition) is 4. The number of imidazole rings is 1. The van der Waals surface area contributed by atoms with Gasteiger partial charge in [0.25, 0.3) is 5.56 Å². The van der Waals surface area contributed by atoms with Gasteiger partial charge in [0.2, 0.25) is 5.95 Å². The van der Waals surface area contributed by atoms with Crippen LogP contribution >= 0.6 is 7.82 Å². The molecule has 5 N–H and O–H groups in total. The Balaban J connectivity index is 1.39. The van der Waals surface area contributed by atoms with E-state index in [4.69, 9.17) is 19.5 Å². The van der Waals surface area contributed by atoms with Gasteiger partial charge in [-0.25, -0.2) is 9.55 Å². The molecule has 160 valence electrons. The highest BCUT2D eigenvalue weighted by Crippen LogP contribution is 2.45. The lowest BCUT2D eigenvalue weighted by Crippen LogP contribution is -2.26. The third-order valence-electron chi connectivity index (χ3n) is 4.60. The maximum absolute atomic E-state index is 12.1. The Morgan fingerprint density at radius 3 is 2.87 bits per heavy atom. The molecule has 4 atom stereocenters. The number of benzene rings is 1. The Bertz CT molecular complexity index is 1130. The number of anilines is 1. The zero-order chi connectivity index (χ0) is 21.3. The van der Waals surface area contributed by atoms with Crippen LogP contribution in [0.1, 0.15) is 18.2 Å². The van der Waals surface area contributed by atoms with E-state index < -0.39 is 31.8 Å². The number of nitrogens with zero attached hydrogens (tertiary/aromatic N) is 3. The number of nitrogens with two attached hydrogens (primary N) is 1. The van der Waals surface area contributed by atoms with Crippen LogP contribution in [0.2, 0.25) is 0 Å². The average Bonchev–Trinajstić information content (AvgIpc) is 3.29. The largest absolute Gasteiger partial charge is 0.472 e. The number of nitrogens with one attached hydrogen (secondary N) is 1. The predicted molar refractivity (Wildman–Crippen MR) is 104 cm³/mol. The van der Waals surface area contributed by atoms with Gasteiger partial charge in [0.15, 0.2) is 11.2 Å². The molecule has 12 nitrogen and oxygen atoms in total. The molecule has 0 amide bonds. The first-order valence-corrected chi connectivity index (χ1v) is 10.5. The summed E-state index contributed by atoms with van der Waals surface area (Å²) in [6.07, 6.45) is -1.11. The Morgan fingerprint density at radius 2 is 2.10 bits per heavy atom. The van der Waals surface area contributed by atoms with Crippen LogP contribution in [0.15, 0.2) is 41.5 Å². The van der Waals surface area contributed by atoms with Crippen LogP contribution < -0.4 is 11.3 Å². The third-order valence-corrected chi connectivity index (χ3v) is 5.53. The number of aliphatic hydroxyl groups is 1. The number of aliphatic hydroxyl groups excluding tert-OH is 1. The van der Waals surface area contributed by atoms with Crippen LogP contribution in [0.3, 0.4) is 0 Å². The highest BCUT2D eigenvalue weighted by molar-refractivity contribution is 7.47. The van der Waals surface area contributed by atoms with Crippen molar-refractivity contribution in [2.45, 2.75) is 31.5 Å². The number of fused-ring (bicyclic) bond motifs is 1. The van der Waals surface area contributed by atoms with Gasteiger partial charge in [0, 0.05) is 6.42 Å². The van der Waals surface area contributed by atoms with E-state index in [2.05, 4.69) is 15.0 Å². The Hall–Kier alpha value is -2.60. The molecule has 0 spiro atoms. The lowest BCUT2D eigenvalue weighted by atomic mass is 10.2. The Labute approximate surface area is 169 Å². The van der Waals surface area contributed by atoms with E-state index in [0.717, 1.165) is 0 Å². The minimum atomic E-state index is -4.35. The fourth-order valence-corrected chi connectivity index (χ4v) is 3.85. The van der Waals surface area contributed by atoms with Crippen molar-refractivity contribution < 1.29 is 28.3 Å². The lowest BCUT2D eigenvalue weighted by Gasteiger charge is -2.18. The zero-order valence-electron chi connectivity index (χ0n) is 15.6. The predicted octanol–water partition coefficient (Wildman–Crippen LogP) is 0.684. The molecule has 1 saturated heterocycles. The molecule has 0 aliphatic carbocycles. The highest BCUT2D eigenvalue weighted by Gasteiger charge is 2.38. The van der Waals surface area contributed by atoms with E-state index in [1.807, 2.05) is 6.07 Å². The van der Waals surface area contributed by atoms with Crippen molar-refractivity contribution in [2.75, 3.05) is 12.3 Å². The summed E-state index contributed by atoms with van der Waals surface area (Å²) in [4.78, 5) is 32.2. The first-order chi connectivity index (χ1) is 14.3. The summed E-state index contributed by atoms with van der Waals surface area (Å²) in [6.45, 7) is -0.475. The summed E-state index contributed by atoms with van der Waals surface area (Å²) in [7, 11) is -4.35. The monoisotopic (exact) mass is 437 g/mol. The van der Waals surface area contributed by atoms with E-state index >= 15 is 0 Å². The van der Waals surface area contributed by atoms with Gasteiger partial charge in [0.1, 0.15) is 12.3 Å². The summed E-state index contributed by atoms with van der Waals surface area (Å²) in [5.41, 5.74) is 6.08. The van der Waals surface area contributed by atoms with Crippen molar-refractivity contribution in [1.82, 2.24) is 19.5 Å².